The van der Waals surface area contributed by atoms with Crippen LogP contribution in [0.15, 0.2) is 35.9 Å². The third-order valence-corrected chi connectivity index (χ3v) is 7.25. The number of aromatic hydroxyl groups is 1. The first-order valence-electron chi connectivity index (χ1n) is 9.68. The fourth-order valence-electron chi connectivity index (χ4n) is 3.29. The van der Waals surface area contributed by atoms with E-state index in [-0.39, 0.29) is 23.6 Å². The minimum absolute atomic E-state index is 0.0631. The van der Waals surface area contributed by atoms with Gasteiger partial charge in [0.25, 0.3) is 5.91 Å². The first-order valence-corrected chi connectivity index (χ1v) is 12.9. The maximum absolute atomic E-state index is 12.6. The van der Waals surface area contributed by atoms with Crippen molar-refractivity contribution in [2.75, 3.05) is 37.2 Å². The van der Waals surface area contributed by atoms with Crippen LogP contribution in [0, 0.1) is 0 Å². The van der Waals surface area contributed by atoms with Gasteiger partial charge in [0.15, 0.2) is 0 Å². The molecule has 3 rings (SSSR count). The number of likely N-dealkylation sites (tertiary alicyclic amines) is 1. The van der Waals surface area contributed by atoms with Crippen molar-refractivity contribution in [3.63, 3.8) is 0 Å². The second kappa shape index (κ2) is 8.84. The van der Waals surface area contributed by atoms with E-state index in [0.717, 1.165) is 4.90 Å². The number of hydrogen-bond donors (Lipinski definition) is 3. The Morgan fingerprint density at radius 3 is 2.65 bits per heavy atom. The maximum Gasteiger partial charge on any atom is 0.269 e. The molecule has 0 bridgehead atoms. The lowest BCUT2D eigenvalue weighted by atomic mass is 10.1. The minimum atomic E-state index is -1.08. The van der Waals surface area contributed by atoms with Crippen LogP contribution in [-0.2, 0) is 18.4 Å². The zero-order chi connectivity index (χ0) is 22.9. The second-order valence-corrected chi connectivity index (χ2v) is 12.7. The number of nitrogens with one attached hydrogen (secondary N) is 2. The molecule has 0 unspecified atom stereocenters. The van der Waals surface area contributed by atoms with E-state index in [1.54, 1.807) is 22.6 Å². The van der Waals surface area contributed by atoms with Crippen molar-refractivity contribution in [1.29, 1.82) is 0 Å². The number of carbonyl (C=O) groups excluding carboxylic acids is 2. The fraction of sp³-hybridized carbons (Fsp3) is 0.381. The molecule has 31 heavy (non-hydrogen) atoms. The largest absolute Gasteiger partial charge is 0.506 e. The molecule has 1 aliphatic heterocycles. The highest BCUT2D eigenvalue weighted by atomic mass is 35.5. The van der Waals surface area contributed by atoms with E-state index in [0.29, 0.717) is 41.9 Å². The minimum Gasteiger partial charge on any atom is -0.506 e. The molecule has 1 aliphatic rings. The molecule has 1 aromatic heterocycles. The summed E-state index contributed by atoms with van der Waals surface area (Å²) in [6.07, 6.45) is 9.18. The number of aromatic nitrogens is 2. The predicted octanol–water partition coefficient (Wildman–Crippen LogP) is 2.57. The molecule has 8 nitrogen and oxygen atoms in total. The molecule has 1 fully saturated rings. The lowest BCUT2D eigenvalue weighted by molar-refractivity contribution is -0.130. The Labute approximate surface area is 188 Å². The van der Waals surface area contributed by atoms with Crippen molar-refractivity contribution in [3.8, 4) is 5.75 Å². The molecular weight excluding hydrogens is 438 g/mol. The van der Waals surface area contributed by atoms with Crippen LogP contribution >= 0.6 is 21.6 Å². The number of phenols is 1. The van der Waals surface area contributed by atoms with E-state index >= 15 is 0 Å². The van der Waals surface area contributed by atoms with Crippen molar-refractivity contribution in [2.24, 2.45) is 7.05 Å². The van der Waals surface area contributed by atoms with Crippen molar-refractivity contribution in [1.82, 2.24) is 19.8 Å². The zero-order valence-electron chi connectivity index (χ0n) is 18.1. The first-order chi connectivity index (χ1) is 14.5. The van der Waals surface area contributed by atoms with Crippen LogP contribution in [-0.4, -0.2) is 69.3 Å². The van der Waals surface area contributed by atoms with E-state index in [4.69, 9.17) is 11.6 Å². The van der Waals surface area contributed by atoms with Crippen molar-refractivity contribution < 1.29 is 14.7 Å². The Morgan fingerprint density at radius 1 is 1.35 bits per heavy atom. The summed E-state index contributed by atoms with van der Waals surface area (Å²) in [4.78, 5) is 31.0. The molecule has 10 heteroatoms. The maximum atomic E-state index is 12.6. The molecule has 0 radical (unpaired) electrons. The number of nitrogens with zero attached hydrogens (tertiary/aromatic N) is 3. The number of benzene rings is 1. The average Bonchev–Trinajstić information content (AvgIpc) is 3.02. The highest BCUT2D eigenvalue weighted by Gasteiger charge is 2.31. The van der Waals surface area contributed by atoms with Crippen LogP contribution in [0.1, 0.15) is 16.3 Å². The standard InChI is InChI=1S/C21H28ClN5O3S/c1-6-20(29)27-11-13(12-27)25-21(30)16-9-24-19(26(16)2)10-23-15-8-18(31(3,4)5)14(22)7-17(15)28/h6-9,13,23,28H,1,10-12H2,2-5H3,(H,25,30). The Hall–Kier alpha value is -2.65. The van der Waals surface area contributed by atoms with Gasteiger partial charge in [0.2, 0.25) is 5.91 Å². The summed E-state index contributed by atoms with van der Waals surface area (Å²) in [6, 6.07) is 3.33. The Morgan fingerprint density at radius 2 is 2.03 bits per heavy atom. The van der Waals surface area contributed by atoms with Gasteiger partial charge >= 0.3 is 0 Å². The van der Waals surface area contributed by atoms with Gasteiger partial charge in [0, 0.05) is 31.1 Å². The van der Waals surface area contributed by atoms with E-state index in [1.807, 2.05) is 6.07 Å². The van der Waals surface area contributed by atoms with Gasteiger partial charge in [-0.2, -0.15) is 0 Å². The highest BCUT2D eigenvalue weighted by Crippen LogP contribution is 2.51. The summed E-state index contributed by atoms with van der Waals surface area (Å²) in [5.41, 5.74) is 0.989. The summed E-state index contributed by atoms with van der Waals surface area (Å²) in [5.74, 6) is 0.320. The first kappa shape index (κ1) is 23.0. The van der Waals surface area contributed by atoms with Gasteiger partial charge in [0.05, 0.1) is 29.5 Å². The smallest absolute Gasteiger partial charge is 0.269 e. The molecule has 2 heterocycles. The molecule has 0 aliphatic carbocycles. The van der Waals surface area contributed by atoms with Crippen LogP contribution in [0.25, 0.3) is 0 Å². The van der Waals surface area contributed by atoms with Gasteiger partial charge < -0.3 is 25.2 Å². The molecule has 2 aromatic rings. The van der Waals surface area contributed by atoms with Crippen LogP contribution in [0.3, 0.4) is 0 Å². The monoisotopic (exact) mass is 465 g/mol. The predicted molar refractivity (Wildman–Crippen MR) is 125 cm³/mol. The van der Waals surface area contributed by atoms with Crippen molar-refractivity contribution in [3.05, 3.63) is 47.5 Å². The number of imidazole rings is 1. The molecule has 0 atom stereocenters. The summed E-state index contributed by atoms with van der Waals surface area (Å²) in [5, 5.41) is 16.9. The van der Waals surface area contributed by atoms with Crippen molar-refractivity contribution in [2.45, 2.75) is 17.5 Å². The van der Waals surface area contributed by atoms with Gasteiger partial charge in [-0.1, -0.05) is 18.2 Å². The zero-order valence-corrected chi connectivity index (χ0v) is 19.7. The van der Waals surface area contributed by atoms with E-state index in [2.05, 4.69) is 41.0 Å². The fourth-order valence-corrected chi connectivity index (χ4v) is 5.26. The SMILES string of the molecule is C=CC(=O)N1CC(NC(=O)c2cnc(CNc3cc(S(C)(C)C)c(Cl)cc3O)n2C)C1. The second-order valence-electron chi connectivity index (χ2n) is 8.23. The van der Waals surface area contributed by atoms with Crippen LogP contribution < -0.4 is 10.6 Å². The van der Waals surface area contributed by atoms with Crippen LogP contribution in [0.5, 0.6) is 5.75 Å². The van der Waals surface area contributed by atoms with E-state index in [9.17, 15) is 14.7 Å². The number of rotatable bonds is 7. The third-order valence-electron chi connectivity index (χ3n) is 5.17. The number of amides is 2. The van der Waals surface area contributed by atoms with Crippen LogP contribution in [0.2, 0.25) is 5.02 Å². The van der Waals surface area contributed by atoms with Gasteiger partial charge in [-0.15, -0.1) is 0 Å². The molecule has 1 saturated heterocycles. The average molecular weight is 466 g/mol. The van der Waals surface area contributed by atoms with Crippen molar-refractivity contribution >= 4 is 39.1 Å². The van der Waals surface area contributed by atoms with Gasteiger partial charge in [-0.3, -0.25) is 9.59 Å². The number of halogens is 1. The van der Waals surface area contributed by atoms with Gasteiger partial charge in [0.1, 0.15) is 17.3 Å². The Kier molecular flexibility index (Phi) is 6.56. The van der Waals surface area contributed by atoms with Gasteiger partial charge in [-0.25, -0.2) is 15.0 Å². The molecule has 1 aromatic carbocycles. The lowest BCUT2D eigenvalue weighted by Gasteiger charge is -2.38. The number of carbonyl (C=O) groups is 2. The number of anilines is 1. The highest BCUT2D eigenvalue weighted by molar-refractivity contribution is 8.32. The summed E-state index contributed by atoms with van der Waals surface area (Å²) < 4.78 is 1.70. The summed E-state index contributed by atoms with van der Waals surface area (Å²) >= 11 is 6.31. The molecule has 3 N–H and O–H groups in total. The Balaban J connectivity index is 1.64. The number of hydrogen-bond acceptors (Lipinski definition) is 5. The lowest BCUT2D eigenvalue weighted by Crippen LogP contribution is -2.60. The third kappa shape index (κ3) is 4.99. The van der Waals surface area contributed by atoms with Crippen LogP contribution in [0.4, 0.5) is 5.69 Å². The van der Waals surface area contributed by atoms with Gasteiger partial charge in [-0.05, 0) is 30.9 Å². The molecule has 0 saturated carbocycles. The number of phenolic OH excluding ortho intramolecular Hbond substituents is 1. The normalized spacial score (nSPS) is 14.7. The van der Waals surface area contributed by atoms with E-state index in [1.165, 1.54) is 12.3 Å². The summed E-state index contributed by atoms with van der Waals surface area (Å²) in [6.45, 7) is 4.72. The topological polar surface area (TPSA) is 99.5 Å². The van der Waals surface area contributed by atoms with E-state index < -0.39 is 10.0 Å². The molecule has 2 amide bonds. The Bertz CT molecular complexity index is 1020. The summed E-state index contributed by atoms with van der Waals surface area (Å²) in [7, 11) is 0.686. The molecular formula is C21H28ClN5O3S. The molecule has 0 spiro atoms. The quantitative estimate of drug-likeness (QED) is 0.431. The molecule has 168 valence electrons.